The number of nitrogens with one attached hydrogen (secondary N) is 1. The molecule has 0 fully saturated rings. The van der Waals surface area contributed by atoms with Crippen LogP contribution in [-0.2, 0) is 6.54 Å². The number of hydrogen-bond acceptors (Lipinski definition) is 6. The van der Waals surface area contributed by atoms with E-state index in [0.717, 1.165) is 5.56 Å². The molecule has 1 aromatic carbocycles. The number of nitrogens with zero attached hydrogens (tertiary/aromatic N) is 3. The van der Waals surface area contributed by atoms with Crippen molar-refractivity contribution in [3.05, 3.63) is 52.1 Å². The fraction of sp³-hybridized carbons (Fsp3) is 0.167. The van der Waals surface area contributed by atoms with E-state index in [2.05, 4.69) is 15.3 Å². The van der Waals surface area contributed by atoms with Gasteiger partial charge in [0.15, 0.2) is 0 Å². The zero-order chi connectivity index (χ0) is 14.5. The topological polar surface area (TPSA) is 90.2 Å². The number of nitro groups is 1. The van der Waals surface area contributed by atoms with Gasteiger partial charge in [0.25, 0.3) is 5.88 Å². The van der Waals surface area contributed by atoms with Crippen molar-refractivity contribution in [2.45, 2.75) is 6.54 Å². The Hall–Kier alpha value is -2.77. The second-order valence-corrected chi connectivity index (χ2v) is 3.82. The van der Waals surface area contributed by atoms with Crippen LogP contribution < -0.4 is 10.1 Å². The van der Waals surface area contributed by atoms with Crippen molar-refractivity contribution in [2.75, 3.05) is 12.4 Å². The zero-order valence-electron chi connectivity index (χ0n) is 10.5. The Labute approximate surface area is 113 Å². The van der Waals surface area contributed by atoms with E-state index in [0.29, 0.717) is 0 Å². The minimum Gasteiger partial charge on any atom is -0.476 e. The first kappa shape index (κ1) is 13.7. The monoisotopic (exact) mass is 278 g/mol. The molecule has 0 bridgehead atoms. The molecular weight excluding hydrogens is 267 g/mol. The molecule has 2 rings (SSSR count). The molecule has 1 aromatic heterocycles. The van der Waals surface area contributed by atoms with Gasteiger partial charge in [-0.15, -0.1) is 0 Å². The Morgan fingerprint density at radius 1 is 1.35 bits per heavy atom. The van der Waals surface area contributed by atoms with Crippen LogP contribution in [0.5, 0.6) is 5.88 Å². The zero-order valence-corrected chi connectivity index (χ0v) is 10.5. The van der Waals surface area contributed by atoms with E-state index in [1.165, 1.54) is 25.6 Å². The summed E-state index contributed by atoms with van der Waals surface area (Å²) in [6.07, 6.45) is 1.17. The average molecular weight is 278 g/mol. The van der Waals surface area contributed by atoms with Crippen molar-refractivity contribution in [3.8, 4) is 5.88 Å². The van der Waals surface area contributed by atoms with Crippen molar-refractivity contribution in [2.24, 2.45) is 0 Å². The summed E-state index contributed by atoms with van der Waals surface area (Å²) in [6, 6.07) is 5.77. The van der Waals surface area contributed by atoms with Gasteiger partial charge >= 0.3 is 5.69 Å². The normalized spacial score (nSPS) is 10.1. The molecule has 0 amide bonds. The van der Waals surface area contributed by atoms with Gasteiger partial charge in [0.05, 0.1) is 12.0 Å². The van der Waals surface area contributed by atoms with E-state index >= 15 is 0 Å². The number of halogens is 1. The highest BCUT2D eigenvalue weighted by Crippen LogP contribution is 2.30. The van der Waals surface area contributed by atoms with Crippen molar-refractivity contribution >= 4 is 11.5 Å². The number of aromatic nitrogens is 2. The first-order chi connectivity index (χ1) is 9.61. The van der Waals surface area contributed by atoms with E-state index in [4.69, 9.17) is 4.74 Å². The highest BCUT2D eigenvalue weighted by molar-refractivity contribution is 5.61. The Morgan fingerprint density at radius 3 is 2.65 bits per heavy atom. The summed E-state index contributed by atoms with van der Waals surface area (Å²) in [5, 5.41) is 13.8. The summed E-state index contributed by atoms with van der Waals surface area (Å²) in [6.45, 7) is 0.265. The lowest BCUT2D eigenvalue weighted by Crippen LogP contribution is -2.07. The summed E-state index contributed by atoms with van der Waals surface area (Å²) in [5.74, 6) is -0.416. The van der Waals surface area contributed by atoms with Crippen molar-refractivity contribution in [1.82, 2.24) is 9.97 Å². The minimum atomic E-state index is -0.619. The van der Waals surface area contributed by atoms with Gasteiger partial charge in [0.1, 0.15) is 12.1 Å². The molecule has 104 valence electrons. The van der Waals surface area contributed by atoms with Gasteiger partial charge in [-0.1, -0.05) is 12.1 Å². The standard InChI is InChI=1S/C12H11FN4O3/c1-20-12-10(17(18)19)11(15-7-16-12)14-6-8-2-4-9(13)5-3-8/h2-5,7H,6H2,1H3,(H,14,15,16). The Bertz CT molecular complexity index is 619. The smallest absolute Gasteiger partial charge is 0.372 e. The van der Waals surface area contributed by atoms with Crippen LogP contribution in [0.1, 0.15) is 5.56 Å². The molecule has 1 heterocycles. The molecule has 0 spiro atoms. The second-order valence-electron chi connectivity index (χ2n) is 3.82. The van der Waals surface area contributed by atoms with Crippen LogP contribution >= 0.6 is 0 Å². The Balaban J connectivity index is 2.21. The van der Waals surface area contributed by atoms with E-state index in [-0.39, 0.29) is 29.7 Å². The van der Waals surface area contributed by atoms with Crippen LogP contribution in [0.4, 0.5) is 15.9 Å². The number of benzene rings is 1. The fourth-order valence-electron chi connectivity index (χ4n) is 1.59. The van der Waals surface area contributed by atoms with Gasteiger partial charge in [-0.05, 0) is 17.7 Å². The fourth-order valence-corrected chi connectivity index (χ4v) is 1.59. The SMILES string of the molecule is COc1ncnc(NCc2ccc(F)cc2)c1[N+](=O)[O-]. The largest absolute Gasteiger partial charge is 0.476 e. The Morgan fingerprint density at radius 2 is 2.05 bits per heavy atom. The first-order valence-corrected chi connectivity index (χ1v) is 5.63. The maximum Gasteiger partial charge on any atom is 0.372 e. The molecule has 8 heteroatoms. The van der Waals surface area contributed by atoms with Crippen LogP contribution in [0, 0.1) is 15.9 Å². The van der Waals surface area contributed by atoms with Gasteiger partial charge in [0, 0.05) is 6.54 Å². The predicted octanol–water partition coefficient (Wildman–Crippen LogP) is 2.14. The van der Waals surface area contributed by atoms with Crippen LogP contribution in [-0.4, -0.2) is 22.0 Å². The maximum atomic E-state index is 12.8. The Kier molecular flexibility index (Phi) is 4.04. The lowest BCUT2D eigenvalue weighted by Gasteiger charge is -2.07. The third-order valence-electron chi connectivity index (χ3n) is 2.54. The molecule has 1 N–H and O–H groups in total. The molecule has 0 saturated heterocycles. The van der Waals surface area contributed by atoms with Gasteiger partial charge in [-0.3, -0.25) is 10.1 Å². The molecule has 0 radical (unpaired) electrons. The van der Waals surface area contributed by atoms with E-state index in [1.54, 1.807) is 12.1 Å². The lowest BCUT2D eigenvalue weighted by molar-refractivity contribution is -0.385. The van der Waals surface area contributed by atoms with Gasteiger partial charge in [-0.25, -0.2) is 9.37 Å². The van der Waals surface area contributed by atoms with Crippen LogP contribution in [0.15, 0.2) is 30.6 Å². The van der Waals surface area contributed by atoms with Gasteiger partial charge < -0.3 is 10.1 Å². The van der Waals surface area contributed by atoms with E-state index < -0.39 is 4.92 Å². The van der Waals surface area contributed by atoms with Crippen molar-refractivity contribution in [3.63, 3.8) is 0 Å². The number of methoxy groups -OCH3 is 1. The molecule has 0 atom stereocenters. The molecule has 20 heavy (non-hydrogen) atoms. The highest BCUT2D eigenvalue weighted by Gasteiger charge is 2.23. The highest BCUT2D eigenvalue weighted by atomic mass is 19.1. The second kappa shape index (κ2) is 5.91. The predicted molar refractivity (Wildman–Crippen MR) is 69.0 cm³/mol. The minimum absolute atomic E-state index is 0.0474. The van der Waals surface area contributed by atoms with E-state index in [9.17, 15) is 14.5 Å². The van der Waals surface area contributed by atoms with Crippen LogP contribution in [0.2, 0.25) is 0 Å². The van der Waals surface area contributed by atoms with Gasteiger partial charge in [0.2, 0.25) is 5.82 Å². The maximum absolute atomic E-state index is 12.8. The summed E-state index contributed by atoms with van der Waals surface area (Å²) in [4.78, 5) is 17.9. The van der Waals surface area contributed by atoms with Gasteiger partial charge in [-0.2, -0.15) is 4.98 Å². The number of ether oxygens (including phenoxy) is 1. The van der Waals surface area contributed by atoms with Crippen LogP contribution in [0.25, 0.3) is 0 Å². The third-order valence-corrected chi connectivity index (χ3v) is 2.54. The molecule has 7 nitrogen and oxygen atoms in total. The van der Waals surface area contributed by atoms with Crippen molar-refractivity contribution < 1.29 is 14.1 Å². The molecule has 0 aliphatic heterocycles. The van der Waals surface area contributed by atoms with E-state index in [1.807, 2.05) is 0 Å². The number of rotatable bonds is 5. The average Bonchev–Trinajstić information content (AvgIpc) is 2.46. The molecule has 0 aliphatic rings. The number of anilines is 1. The molecule has 2 aromatic rings. The summed E-state index contributed by atoms with van der Waals surface area (Å²) < 4.78 is 17.6. The summed E-state index contributed by atoms with van der Waals surface area (Å²) >= 11 is 0. The van der Waals surface area contributed by atoms with Crippen molar-refractivity contribution in [1.29, 1.82) is 0 Å². The molecular formula is C12H11FN4O3. The molecule has 0 aliphatic carbocycles. The number of hydrogen-bond donors (Lipinski definition) is 1. The first-order valence-electron chi connectivity index (χ1n) is 5.63. The lowest BCUT2D eigenvalue weighted by atomic mass is 10.2. The molecule has 0 unspecified atom stereocenters. The molecule has 0 saturated carbocycles. The summed E-state index contributed by atoms with van der Waals surface area (Å²) in [7, 11) is 1.29. The third kappa shape index (κ3) is 2.97. The summed E-state index contributed by atoms with van der Waals surface area (Å²) in [5.41, 5.74) is 0.426. The quantitative estimate of drug-likeness (QED) is 0.665. The van der Waals surface area contributed by atoms with Crippen LogP contribution in [0.3, 0.4) is 0 Å².